The Kier molecular flexibility index (Phi) is 6.30. The summed E-state index contributed by atoms with van der Waals surface area (Å²) in [4.78, 5) is 11.9. The molecule has 0 aliphatic heterocycles. The molecule has 3 unspecified atom stereocenters. The van der Waals surface area contributed by atoms with E-state index >= 15 is 0 Å². The van der Waals surface area contributed by atoms with Crippen LogP contribution < -0.4 is 5.32 Å². The molecule has 4 heteroatoms. The number of hydrogen-bond acceptors (Lipinski definition) is 3. The number of rotatable bonds is 8. The highest BCUT2D eigenvalue weighted by atomic mass is 16.5. The molecule has 0 aromatic rings. The molecule has 0 radical (unpaired) electrons. The van der Waals surface area contributed by atoms with Gasteiger partial charge in [-0.25, -0.2) is 0 Å². The number of hydrogen-bond donors (Lipinski definition) is 2. The first-order chi connectivity index (χ1) is 9.63. The minimum absolute atomic E-state index is 0.0744. The molecular weight excluding hydrogens is 254 g/mol. The first-order valence-electron chi connectivity index (χ1n) is 8.16. The highest BCUT2D eigenvalue weighted by Gasteiger charge is 2.22. The van der Waals surface area contributed by atoms with Crippen LogP contribution in [0.4, 0.5) is 0 Å². The van der Waals surface area contributed by atoms with Crippen molar-refractivity contribution in [2.24, 2.45) is 17.8 Å². The van der Waals surface area contributed by atoms with Gasteiger partial charge in [0, 0.05) is 19.6 Å². The molecular formula is C16H29NO3. The minimum Gasteiger partial charge on any atom is -0.389 e. The van der Waals surface area contributed by atoms with Gasteiger partial charge in [-0.1, -0.05) is 19.8 Å². The second kappa shape index (κ2) is 7.99. The van der Waals surface area contributed by atoms with Gasteiger partial charge in [-0.05, 0) is 43.4 Å². The standard InChI is InChI=1S/C16H29NO3/c1-12-3-2-4-14(7-12)8-16(19)17-9-15(18)11-20-10-13-5-6-13/h12-15,18H,2-11H2,1H3,(H,17,19). The van der Waals surface area contributed by atoms with Crippen molar-refractivity contribution >= 4 is 5.91 Å². The summed E-state index contributed by atoms with van der Waals surface area (Å²) in [5.74, 6) is 2.07. The Morgan fingerprint density at radius 2 is 2.10 bits per heavy atom. The van der Waals surface area contributed by atoms with Crippen LogP contribution in [0.25, 0.3) is 0 Å². The topological polar surface area (TPSA) is 58.6 Å². The molecule has 4 nitrogen and oxygen atoms in total. The van der Waals surface area contributed by atoms with Crippen LogP contribution in [-0.4, -0.2) is 36.9 Å². The minimum atomic E-state index is -0.581. The fraction of sp³-hybridized carbons (Fsp3) is 0.938. The SMILES string of the molecule is CC1CCCC(CC(=O)NCC(O)COCC2CC2)C1. The van der Waals surface area contributed by atoms with E-state index in [1.807, 2.05) is 0 Å². The van der Waals surface area contributed by atoms with Gasteiger partial charge in [0.15, 0.2) is 0 Å². The van der Waals surface area contributed by atoms with Gasteiger partial charge in [0.05, 0.1) is 12.7 Å². The van der Waals surface area contributed by atoms with Gasteiger partial charge in [-0.2, -0.15) is 0 Å². The molecule has 2 saturated carbocycles. The largest absolute Gasteiger partial charge is 0.389 e. The highest BCUT2D eigenvalue weighted by Crippen LogP contribution is 2.30. The van der Waals surface area contributed by atoms with E-state index in [1.165, 1.54) is 38.5 Å². The summed E-state index contributed by atoms with van der Waals surface area (Å²) in [7, 11) is 0. The summed E-state index contributed by atoms with van der Waals surface area (Å²) in [6, 6.07) is 0. The summed E-state index contributed by atoms with van der Waals surface area (Å²) in [6.45, 7) is 3.67. The normalized spacial score (nSPS) is 28.1. The molecule has 0 saturated heterocycles. The van der Waals surface area contributed by atoms with Gasteiger partial charge in [-0.15, -0.1) is 0 Å². The molecule has 2 fully saturated rings. The Morgan fingerprint density at radius 3 is 2.80 bits per heavy atom. The summed E-state index contributed by atoms with van der Waals surface area (Å²) in [5.41, 5.74) is 0. The van der Waals surface area contributed by atoms with E-state index in [2.05, 4.69) is 12.2 Å². The predicted octanol–water partition coefficient (Wildman–Crippen LogP) is 2.11. The number of carbonyl (C=O) groups excluding carboxylic acids is 1. The first-order valence-corrected chi connectivity index (χ1v) is 8.16. The molecule has 2 N–H and O–H groups in total. The maximum Gasteiger partial charge on any atom is 0.220 e. The lowest BCUT2D eigenvalue weighted by Crippen LogP contribution is -2.35. The van der Waals surface area contributed by atoms with Crippen molar-refractivity contribution in [3.8, 4) is 0 Å². The third-order valence-electron chi connectivity index (χ3n) is 4.41. The van der Waals surface area contributed by atoms with E-state index in [1.54, 1.807) is 0 Å². The van der Waals surface area contributed by atoms with Crippen LogP contribution in [0.15, 0.2) is 0 Å². The Labute approximate surface area is 122 Å². The average Bonchev–Trinajstić information content (AvgIpc) is 3.20. The molecule has 20 heavy (non-hydrogen) atoms. The van der Waals surface area contributed by atoms with E-state index in [0.29, 0.717) is 31.4 Å². The quantitative estimate of drug-likeness (QED) is 0.717. The van der Waals surface area contributed by atoms with E-state index in [0.717, 1.165) is 12.5 Å². The van der Waals surface area contributed by atoms with Crippen molar-refractivity contribution in [2.75, 3.05) is 19.8 Å². The molecule has 3 atom stereocenters. The lowest BCUT2D eigenvalue weighted by Gasteiger charge is -2.26. The number of carbonyl (C=O) groups is 1. The average molecular weight is 283 g/mol. The van der Waals surface area contributed by atoms with Crippen LogP contribution in [0, 0.1) is 17.8 Å². The number of aliphatic hydroxyl groups is 1. The Balaban J connectivity index is 1.51. The molecule has 2 rings (SSSR count). The van der Waals surface area contributed by atoms with Crippen LogP contribution in [0.2, 0.25) is 0 Å². The Morgan fingerprint density at radius 1 is 1.30 bits per heavy atom. The summed E-state index contributed by atoms with van der Waals surface area (Å²) < 4.78 is 5.41. The monoisotopic (exact) mass is 283 g/mol. The smallest absolute Gasteiger partial charge is 0.220 e. The van der Waals surface area contributed by atoms with E-state index in [9.17, 15) is 9.90 Å². The third kappa shape index (κ3) is 6.23. The lowest BCUT2D eigenvalue weighted by molar-refractivity contribution is -0.123. The third-order valence-corrected chi connectivity index (χ3v) is 4.41. The van der Waals surface area contributed by atoms with Gasteiger partial charge in [-0.3, -0.25) is 4.79 Å². The van der Waals surface area contributed by atoms with Crippen LogP contribution in [0.1, 0.15) is 51.9 Å². The van der Waals surface area contributed by atoms with Crippen LogP contribution >= 0.6 is 0 Å². The molecule has 0 bridgehead atoms. The van der Waals surface area contributed by atoms with E-state index in [-0.39, 0.29) is 5.91 Å². The lowest BCUT2D eigenvalue weighted by atomic mass is 9.81. The summed E-state index contributed by atoms with van der Waals surface area (Å²) in [6.07, 6.45) is 7.43. The van der Waals surface area contributed by atoms with Crippen molar-refractivity contribution in [3.05, 3.63) is 0 Å². The molecule has 2 aliphatic rings. The van der Waals surface area contributed by atoms with Crippen molar-refractivity contribution < 1.29 is 14.6 Å². The van der Waals surface area contributed by atoms with Crippen molar-refractivity contribution in [1.82, 2.24) is 5.32 Å². The highest BCUT2D eigenvalue weighted by molar-refractivity contribution is 5.76. The van der Waals surface area contributed by atoms with Crippen LogP contribution in [0.5, 0.6) is 0 Å². The first kappa shape index (κ1) is 15.8. The molecule has 116 valence electrons. The Bertz CT molecular complexity index is 304. The van der Waals surface area contributed by atoms with Gasteiger partial charge in [0.2, 0.25) is 5.91 Å². The van der Waals surface area contributed by atoms with E-state index in [4.69, 9.17) is 4.74 Å². The van der Waals surface area contributed by atoms with Crippen LogP contribution in [-0.2, 0) is 9.53 Å². The van der Waals surface area contributed by atoms with Crippen LogP contribution in [0.3, 0.4) is 0 Å². The van der Waals surface area contributed by atoms with Crippen molar-refractivity contribution in [1.29, 1.82) is 0 Å². The zero-order chi connectivity index (χ0) is 14.4. The zero-order valence-corrected chi connectivity index (χ0v) is 12.6. The second-order valence-electron chi connectivity index (χ2n) is 6.78. The summed E-state index contributed by atoms with van der Waals surface area (Å²) in [5, 5.41) is 12.6. The van der Waals surface area contributed by atoms with Crippen molar-refractivity contribution in [3.63, 3.8) is 0 Å². The van der Waals surface area contributed by atoms with Gasteiger partial charge in [0.25, 0.3) is 0 Å². The van der Waals surface area contributed by atoms with Gasteiger partial charge >= 0.3 is 0 Å². The second-order valence-corrected chi connectivity index (χ2v) is 6.78. The van der Waals surface area contributed by atoms with Gasteiger partial charge < -0.3 is 15.2 Å². The number of ether oxygens (including phenoxy) is 1. The predicted molar refractivity (Wildman–Crippen MR) is 78.3 cm³/mol. The molecule has 2 aliphatic carbocycles. The Hall–Kier alpha value is -0.610. The molecule has 0 aromatic heterocycles. The fourth-order valence-electron chi connectivity index (χ4n) is 3.03. The van der Waals surface area contributed by atoms with E-state index < -0.39 is 6.10 Å². The molecule has 1 amide bonds. The van der Waals surface area contributed by atoms with Crippen molar-refractivity contribution in [2.45, 2.75) is 58.0 Å². The molecule has 0 heterocycles. The van der Waals surface area contributed by atoms with Gasteiger partial charge in [0.1, 0.15) is 0 Å². The molecule has 0 spiro atoms. The number of aliphatic hydroxyl groups excluding tert-OH is 1. The zero-order valence-electron chi connectivity index (χ0n) is 12.6. The maximum atomic E-state index is 11.9. The number of amides is 1. The maximum absolute atomic E-state index is 11.9. The number of nitrogens with one attached hydrogen (secondary N) is 1. The molecule has 0 aromatic carbocycles. The summed E-state index contributed by atoms with van der Waals surface area (Å²) >= 11 is 0. The fourth-order valence-corrected chi connectivity index (χ4v) is 3.03.